The second kappa shape index (κ2) is 8.93. The van der Waals surface area contributed by atoms with Crippen LogP contribution in [-0.4, -0.2) is 46.5 Å². The van der Waals surface area contributed by atoms with Crippen molar-refractivity contribution in [1.29, 1.82) is 0 Å². The molecule has 0 aliphatic carbocycles. The monoisotopic (exact) mass is 428 g/mol. The van der Waals surface area contributed by atoms with Crippen molar-refractivity contribution in [3.63, 3.8) is 0 Å². The molecule has 1 fully saturated rings. The van der Waals surface area contributed by atoms with Crippen molar-refractivity contribution in [3.05, 3.63) is 96.3 Å². The number of hydrogen-bond acceptors (Lipinski definition) is 3. The van der Waals surface area contributed by atoms with Gasteiger partial charge in [0.2, 0.25) is 5.91 Å². The van der Waals surface area contributed by atoms with Gasteiger partial charge in [-0.3, -0.25) is 9.69 Å². The first-order valence-corrected chi connectivity index (χ1v) is 10.9. The first-order valence-electron chi connectivity index (χ1n) is 10.9. The average Bonchev–Trinajstić information content (AvgIpc) is 3.24. The molecule has 1 amide bonds. The van der Waals surface area contributed by atoms with E-state index < -0.39 is 0 Å². The minimum absolute atomic E-state index is 0.123. The zero-order chi connectivity index (χ0) is 21.9. The van der Waals surface area contributed by atoms with Gasteiger partial charge in [-0.1, -0.05) is 48.5 Å². The molecule has 0 atom stereocenters. The lowest BCUT2D eigenvalue weighted by Crippen LogP contribution is -2.51. The molecule has 0 saturated carbocycles. The Morgan fingerprint density at radius 1 is 0.938 bits per heavy atom. The number of benzene rings is 3. The minimum Gasteiger partial charge on any atom is -0.333 e. The van der Waals surface area contributed by atoms with Gasteiger partial charge < -0.3 is 9.47 Å². The van der Waals surface area contributed by atoms with E-state index in [4.69, 9.17) is 0 Å². The second-order valence-corrected chi connectivity index (χ2v) is 8.20. The molecule has 4 aromatic rings. The van der Waals surface area contributed by atoms with Gasteiger partial charge in [-0.05, 0) is 29.1 Å². The molecular formula is C26H25FN4O. The minimum atomic E-state index is -0.226. The van der Waals surface area contributed by atoms with E-state index in [0.29, 0.717) is 19.5 Å². The lowest BCUT2D eigenvalue weighted by atomic mass is 10.1. The summed E-state index contributed by atoms with van der Waals surface area (Å²) >= 11 is 0. The normalized spacial score (nSPS) is 14.9. The number of anilines is 1. The molecule has 1 aliphatic heterocycles. The maximum absolute atomic E-state index is 13.5. The molecular weight excluding hydrogens is 403 g/mol. The number of hydrogen-bond donors (Lipinski definition) is 0. The predicted octanol–water partition coefficient (Wildman–Crippen LogP) is 4.12. The zero-order valence-electron chi connectivity index (χ0n) is 17.8. The van der Waals surface area contributed by atoms with Gasteiger partial charge >= 0.3 is 0 Å². The third-order valence-electron chi connectivity index (χ3n) is 6.09. The Morgan fingerprint density at radius 2 is 1.78 bits per heavy atom. The fourth-order valence-electron chi connectivity index (χ4n) is 4.41. The highest BCUT2D eigenvalue weighted by Gasteiger charge is 2.26. The number of halogens is 1. The lowest BCUT2D eigenvalue weighted by molar-refractivity contribution is -0.121. The molecule has 1 aromatic heterocycles. The average molecular weight is 429 g/mol. The third kappa shape index (κ3) is 4.27. The van der Waals surface area contributed by atoms with Crippen molar-refractivity contribution < 1.29 is 9.18 Å². The van der Waals surface area contributed by atoms with Crippen LogP contribution >= 0.6 is 0 Å². The Bertz CT molecular complexity index is 1250. The Morgan fingerprint density at radius 3 is 2.66 bits per heavy atom. The van der Waals surface area contributed by atoms with Gasteiger partial charge in [0.1, 0.15) is 5.82 Å². The lowest BCUT2D eigenvalue weighted by Gasteiger charge is -2.35. The van der Waals surface area contributed by atoms with Gasteiger partial charge in [0.15, 0.2) is 0 Å². The number of piperazine rings is 1. The highest BCUT2D eigenvalue weighted by atomic mass is 19.1. The van der Waals surface area contributed by atoms with Crippen molar-refractivity contribution in [2.24, 2.45) is 0 Å². The van der Waals surface area contributed by atoms with Crippen LogP contribution in [0.2, 0.25) is 0 Å². The van der Waals surface area contributed by atoms with Crippen LogP contribution in [0.4, 0.5) is 10.1 Å². The fraction of sp³-hybridized carbons (Fsp3) is 0.231. The molecule has 6 heteroatoms. The summed E-state index contributed by atoms with van der Waals surface area (Å²) in [7, 11) is 0. The first-order chi connectivity index (χ1) is 15.7. The zero-order valence-corrected chi connectivity index (χ0v) is 17.8. The first kappa shape index (κ1) is 20.4. The predicted molar refractivity (Wildman–Crippen MR) is 124 cm³/mol. The van der Waals surface area contributed by atoms with Gasteiger partial charge in [0, 0.05) is 49.9 Å². The third-order valence-corrected chi connectivity index (χ3v) is 6.09. The topological polar surface area (TPSA) is 41.4 Å². The molecule has 5 nitrogen and oxygen atoms in total. The van der Waals surface area contributed by atoms with E-state index in [0.717, 1.165) is 47.4 Å². The van der Waals surface area contributed by atoms with Crippen LogP contribution in [0.1, 0.15) is 11.3 Å². The summed E-state index contributed by atoms with van der Waals surface area (Å²) in [6.07, 6.45) is 4.27. The summed E-state index contributed by atoms with van der Waals surface area (Å²) in [6, 6.07) is 21.0. The summed E-state index contributed by atoms with van der Waals surface area (Å²) in [4.78, 5) is 21.4. The standard InChI is InChI=1S/C26H25FN4O/c27-22-8-3-5-20(15-22)16-23-17-28-19-30(23)13-11-29-12-14-31(26(32)18-29)25-10-4-7-21-6-1-2-9-24(21)25/h1-10,15,17,19H,11-14,16,18H2. The highest BCUT2D eigenvalue weighted by molar-refractivity contribution is 6.04. The number of carbonyl (C=O) groups is 1. The van der Waals surface area contributed by atoms with Crippen LogP contribution in [0.3, 0.4) is 0 Å². The van der Waals surface area contributed by atoms with Gasteiger partial charge in [-0.2, -0.15) is 0 Å². The highest BCUT2D eigenvalue weighted by Crippen LogP contribution is 2.28. The number of nitrogens with zero attached hydrogens (tertiary/aromatic N) is 4. The van der Waals surface area contributed by atoms with Crippen LogP contribution in [0.25, 0.3) is 10.8 Å². The molecule has 1 aliphatic rings. The van der Waals surface area contributed by atoms with E-state index in [1.165, 1.54) is 6.07 Å². The van der Waals surface area contributed by atoms with Crippen molar-refractivity contribution in [1.82, 2.24) is 14.5 Å². The molecule has 1 saturated heterocycles. The van der Waals surface area contributed by atoms with Crippen LogP contribution in [0.5, 0.6) is 0 Å². The van der Waals surface area contributed by atoms with Crippen LogP contribution in [0, 0.1) is 5.82 Å². The molecule has 3 aromatic carbocycles. The fourth-order valence-corrected chi connectivity index (χ4v) is 4.41. The summed E-state index contributed by atoms with van der Waals surface area (Å²) in [5.74, 6) is -0.102. The summed E-state index contributed by atoms with van der Waals surface area (Å²) in [5.41, 5.74) is 2.95. The maximum atomic E-state index is 13.5. The molecule has 162 valence electrons. The number of rotatable bonds is 6. The Hall–Kier alpha value is -3.51. The van der Waals surface area contributed by atoms with Crippen molar-refractivity contribution in [2.75, 3.05) is 31.1 Å². The van der Waals surface area contributed by atoms with E-state index >= 15 is 0 Å². The molecule has 0 N–H and O–H groups in total. The molecule has 0 unspecified atom stereocenters. The SMILES string of the molecule is O=C1CN(CCn2cncc2Cc2cccc(F)c2)CCN1c1cccc2ccccc12. The Kier molecular flexibility index (Phi) is 5.69. The second-order valence-electron chi connectivity index (χ2n) is 8.20. The maximum Gasteiger partial charge on any atom is 0.241 e. The van der Waals surface area contributed by atoms with E-state index in [9.17, 15) is 9.18 Å². The summed E-state index contributed by atoms with van der Waals surface area (Å²) in [5, 5.41) is 2.25. The van der Waals surface area contributed by atoms with E-state index in [1.807, 2.05) is 47.8 Å². The van der Waals surface area contributed by atoms with Gasteiger partial charge in [-0.25, -0.2) is 9.37 Å². The molecule has 0 bridgehead atoms. The summed E-state index contributed by atoms with van der Waals surface area (Å²) in [6.45, 7) is 3.40. The Balaban J connectivity index is 1.22. The van der Waals surface area contributed by atoms with Crippen molar-refractivity contribution in [3.8, 4) is 0 Å². The quantitative estimate of drug-likeness (QED) is 0.464. The van der Waals surface area contributed by atoms with Gasteiger partial charge in [0.05, 0.1) is 18.6 Å². The number of carbonyl (C=O) groups excluding carboxylic acids is 1. The van der Waals surface area contributed by atoms with E-state index in [-0.39, 0.29) is 11.7 Å². The Labute approximate surface area is 186 Å². The van der Waals surface area contributed by atoms with E-state index in [2.05, 4.69) is 32.7 Å². The molecule has 2 heterocycles. The summed E-state index contributed by atoms with van der Waals surface area (Å²) < 4.78 is 15.6. The number of imidazole rings is 1. The van der Waals surface area contributed by atoms with E-state index in [1.54, 1.807) is 12.1 Å². The van der Waals surface area contributed by atoms with Gasteiger partial charge in [-0.15, -0.1) is 0 Å². The molecule has 5 rings (SSSR count). The van der Waals surface area contributed by atoms with Crippen molar-refractivity contribution >= 4 is 22.4 Å². The molecule has 32 heavy (non-hydrogen) atoms. The van der Waals surface area contributed by atoms with Crippen LogP contribution < -0.4 is 4.90 Å². The number of amides is 1. The number of aromatic nitrogens is 2. The molecule has 0 radical (unpaired) electrons. The van der Waals surface area contributed by atoms with Crippen LogP contribution in [-0.2, 0) is 17.8 Å². The molecule has 0 spiro atoms. The number of fused-ring (bicyclic) bond motifs is 1. The largest absolute Gasteiger partial charge is 0.333 e. The van der Waals surface area contributed by atoms with Crippen molar-refractivity contribution in [2.45, 2.75) is 13.0 Å². The smallest absolute Gasteiger partial charge is 0.241 e. The van der Waals surface area contributed by atoms with Gasteiger partial charge in [0.25, 0.3) is 0 Å². The van der Waals surface area contributed by atoms with Crippen LogP contribution in [0.15, 0.2) is 79.3 Å².